The van der Waals surface area contributed by atoms with Crippen molar-refractivity contribution in [2.24, 2.45) is 0 Å². The van der Waals surface area contributed by atoms with E-state index in [-0.39, 0.29) is 0 Å². The maximum Gasteiger partial charge on any atom is 0.119 e. The first kappa shape index (κ1) is 10.5. The Morgan fingerprint density at radius 1 is 1.53 bits per heavy atom. The van der Waals surface area contributed by atoms with E-state index >= 15 is 0 Å². The zero-order valence-electron chi connectivity index (χ0n) is 9.03. The number of methoxy groups -OCH3 is 1. The molecule has 0 aliphatic carbocycles. The van der Waals surface area contributed by atoms with Crippen LogP contribution in [0, 0.1) is 0 Å². The molecule has 82 valence electrons. The Hall–Kier alpha value is -1.06. The van der Waals surface area contributed by atoms with Gasteiger partial charge >= 0.3 is 0 Å². The van der Waals surface area contributed by atoms with Crippen LogP contribution in [0.15, 0.2) is 24.3 Å². The van der Waals surface area contributed by atoms with Crippen LogP contribution >= 0.6 is 0 Å². The van der Waals surface area contributed by atoms with Gasteiger partial charge in [0, 0.05) is 12.6 Å². The van der Waals surface area contributed by atoms with Crippen LogP contribution in [0.2, 0.25) is 0 Å². The van der Waals surface area contributed by atoms with Gasteiger partial charge in [0.15, 0.2) is 0 Å². The Balaban J connectivity index is 1.96. The summed E-state index contributed by atoms with van der Waals surface area (Å²) in [6.45, 7) is 2.58. The molecule has 1 saturated heterocycles. The van der Waals surface area contributed by atoms with Crippen molar-refractivity contribution >= 4 is 0 Å². The molecule has 0 bridgehead atoms. The number of nitrogens with one attached hydrogen (secondary N) is 1. The third-order valence-corrected chi connectivity index (χ3v) is 2.61. The van der Waals surface area contributed by atoms with Crippen molar-refractivity contribution in [2.75, 3.05) is 26.9 Å². The van der Waals surface area contributed by atoms with Gasteiger partial charge in [-0.25, -0.2) is 0 Å². The van der Waals surface area contributed by atoms with Crippen LogP contribution in [0.3, 0.4) is 0 Å². The Morgan fingerprint density at radius 2 is 2.47 bits per heavy atom. The average Bonchev–Trinajstić information content (AvgIpc) is 2.31. The topological polar surface area (TPSA) is 30.5 Å². The van der Waals surface area contributed by atoms with Crippen molar-refractivity contribution in [3.05, 3.63) is 29.8 Å². The second-order valence-corrected chi connectivity index (χ2v) is 3.78. The highest BCUT2D eigenvalue weighted by Gasteiger charge is 2.13. The molecule has 0 saturated carbocycles. The van der Waals surface area contributed by atoms with E-state index in [1.54, 1.807) is 7.11 Å². The highest BCUT2D eigenvalue weighted by Crippen LogP contribution is 2.14. The van der Waals surface area contributed by atoms with E-state index in [1.807, 2.05) is 12.1 Å². The Kier molecular flexibility index (Phi) is 3.59. The summed E-state index contributed by atoms with van der Waals surface area (Å²) in [6, 6.07) is 8.63. The second kappa shape index (κ2) is 5.14. The predicted molar refractivity (Wildman–Crippen MR) is 59.3 cm³/mol. The molecule has 2 rings (SSSR count). The Labute approximate surface area is 90.4 Å². The predicted octanol–water partition coefficient (Wildman–Crippen LogP) is 1.23. The highest BCUT2D eigenvalue weighted by atomic mass is 16.5. The Morgan fingerprint density at radius 3 is 3.20 bits per heavy atom. The fourth-order valence-electron chi connectivity index (χ4n) is 1.83. The quantitative estimate of drug-likeness (QED) is 0.808. The zero-order chi connectivity index (χ0) is 10.5. The molecule has 1 aliphatic heterocycles. The number of hydrogen-bond acceptors (Lipinski definition) is 3. The van der Waals surface area contributed by atoms with Crippen molar-refractivity contribution in [1.82, 2.24) is 5.32 Å². The van der Waals surface area contributed by atoms with Gasteiger partial charge in [0.25, 0.3) is 0 Å². The van der Waals surface area contributed by atoms with Crippen LogP contribution in [0.4, 0.5) is 0 Å². The lowest BCUT2D eigenvalue weighted by atomic mass is 10.1. The SMILES string of the molecule is COc1cccc(CC2COCCN2)c1. The molecule has 0 radical (unpaired) electrons. The van der Waals surface area contributed by atoms with Gasteiger partial charge in [-0.05, 0) is 24.1 Å². The molecule has 1 unspecified atom stereocenters. The second-order valence-electron chi connectivity index (χ2n) is 3.78. The molecule has 1 N–H and O–H groups in total. The molecule has 1 aromatic rings. The minimum absolute atomic E-state index is 0.436. The van der Waals surface area contributed by atoms with Crippen molar-refractivity contribution in [3.63, 3.8) is 0 Å². The maximum absolute atomic E-state index is 5.42. The molecule has 1 heterocycles. The third kappa shape index (κ3) is 2.94. The summed E-state index contributed by atoms with van der Waals surface area (Å²) in [5, 5.41) is 3.44. The van der Waals surface area contributed by atoms with Crippen molar-refractivity contribution in [3.8, 4) is 5.75 Å². The van der Waals surface area contributed by atoms with Gasteiger partial charge in [0.05, 0.1) is 20.3 Å². The molecule has 1 aliphatic rings. The first-order chi connectivity index (χ1) is 7.38. The van der Waals surface area contributed by atoms with Crippen LogP contribution in [0.25, 0.3) is 0 Å². The Bertz CT molecular complexity index is 308. The normalized spacial score (nSPS) is 21.3. The van der Waals surface area contributed by atoms with Gasteiger partial charge in [0.1, 0.15) is 5.75 Å². The molecule has 0 amide bonds. The van der Waals surface area contributed by atoms with Gasteiger partial charge in [-0.15, -0.1) is 0 Å². The lowest BCUT2D eigenvalue weighted by Crippen LogP contribution is -2.42. The van der Waals surface area contributed by atoms with Crippen LogP contribution in [0.5, 0.6) is 5.75 Å². The number of hydrogen-bond donors (Lipinski definition) is 1. The van der Waals surface area contributed by atoms with E-state index in [1.165, 1.54) is 5.56 Å². The van der Waals surface area contributed by atoms with Crippen LogP contribution in [0.1, 0.15) is 5.56 Å². The third-order valence-electron chi connectivity index (χ3n) is 2.61. The molecule has 15 heavy (non-hydrogen) atoms. The van der Waals surface area contributed by atoms with Crippen molar-refractivity contribution < 1.29 is 9.47 Å². The summed E-state index contributed by atoms with van der Waals surface area (Å²) in [5.41, 5.74) is 1.29. The first-order valence-electron chi connectivity index (χ1n) is 5.32. The molecule has 1 fully saturated rings. The number of benzene rings is 1. The molecule has 0 aromatic heterocycles. The maximum atomic E-state index is 5.42. The summed E-state index contributed by atoms with van der Waals surface area (Å²) in [4.78, 5) is 0. The van der Waals surface area contributed by atoms with Gasteiger partial charge in [-0.3, -0.25) is 0 Å². The molecule has 3 heteroatoms. The summed E-state index contributed by atoms with van der Waals surface area (Å²) in [7, 11) is 1.70. The molecule has 1 atom stereocenters. The lowest BCUT2D eigenvalue weighted by molar-refractivity contribution is 0.0770. The van der Waals surface area contributed by atoms with Crippen LogP contribution in [-0.4, -0.2) is 32.9 Å². The van der Waals surface area contributed by atoms with E-state index in [9.17, 15) is 0 Å². The highest BCUT2D eigenvalue weighted by molar-refractivity contribution is 5.29. The number of rotatable bonds is 3. The largest absolute Gasteiger partial charge is 0.497 e. The minimum Gasteiger partial charge on any atom is -0.497 e. The van der Waals surface area contributed by atoms with Gasteiger partial charge < -0.3 is 14.8 Å². The fraction of sp³-hybridized carbons (Fsp3) is 0.500. The van der Waals surface area contributed by atoms with Crippen molar-refractivity contribution in [1.29, 1.82) is 0 Å². The van der Waals surface area contributed by atoms with E-state index < -0.39 is 0 Å². The monoisotopic (exact) mass is 207 g/mol. The molecule has 0 spiro atoms. The molecule has 1 aromatic carbocycles. The lowest BCUT2D eigenvalue weighted by Gasteiger charge is -2.23. The van der Waals surface area contributed by atoms with Crippen LogP contribution < -0.4 is 10.1 Å². The zero-order valence-corrected chi connectivity index (χ0v) is 9.03. The van der Waals surface area contributed by atoms with Gasteiger partial charge in [-0.1, -0.05) is 12.1 Å². The minimum atomic E-state index is 0.436. The summed E-state index contributed by atoms with van der Waals surface area (Å²) in [6.07, 6.45) is 0.997. The fourth-order valence-corrected chi connectivity index (χ4v) is 1.83. The number of ether oxygens (including phenoxy) is 2. The van der Waals surface area contributed by atoms with Crippen molar-refractivity contribution in [2.45, 2.75) is 12.5 Å². The van der Waals surface area contributed by atoms with Gasteiger partial charge in [-0.2, -0.15) is 0 Å². The first-order valence-corrected chi connectivity index (χ1v) is 5.32. The van der Waals surface area contributed by atoms with E-state index in [0.717, 1.165) is 31.9 Å². The van der Waals surface area contributed by atoms with Gasteiger partial charge in [0.2, 0.25) is 0 Å². The summed E-state index contributed by atoms with van der Waals surface area (Å²) in [5.74, 6) is 0.921. The standard InChI is InChI=1S/C12H17NO2/c1-14-12-4-2-3-10(8-12)7-11-9-15-6-5-13-11/h2-4,8,11,13H,5-7,9H2,1H3. The van der Waals surface area contributed by atoms with Crippen LogP contribution in [-0.2, 0) is 11.2 Å². The van der Waals surface area contributed by atoms with E-state index in [2.05, 4.69) is 17.4 Å². The van der Waals surface area contributed by atoms with E-state index in [0.29, 0.717) is 6.04 Å². The molecular weight excluding hydrogens is 190 g/mol. The smallest absolute Gasteiger partial charge is 0.119 e. The van der Waals surface area contributed by atoms with E-state index in [4.69, 9.17) is 9.47 Å². The molecule has 3 nitrogen and oxygen atoms in total. The summed E-state index contributed by atoms with van der Waals surface area (Å²) < 4.78 is 10.6. The number of morpholine rings is 1. The average molecular weight is 207 g/mol. The molecular formula is C12H17NO2. The summed E-state index contributed by atoms with van der Waals surface area (Å²) >= 11 is 0.